The first-order chi connectivity index (χ1) is 5.20. The van der Waals surface area contributed by atoms with Crippen molar-refractivity contribution in [2.75, 3.05) is 26.2 Å². The molecule has 0 bridgehead atoms. The van der Waals surface area contributed by atoms with Gasteiger partial charge in [0.2, 0.25) is 9.04 Å². The quantitative estimate of drug-likeness (QED) is 0.567. The van der Waals surface area contributed by atoms with Crippen molar-refractivity contribution < 1.29 is 4.43 Å². The van der Waals surface area contributed by atoms with Crippen LogP contribution in [0.2, 0.25) is 13.1 Å². The van der Waals surface area contributed by atoms with Crippen LogP contribution in [-0.4, -0.2) is 40.2 Å². The molecular weight excluding hydrogens is 154 g/mol. The predicted molar refractivity (Wildman–Crippen MR) is 51.2 cm³/mol. The first kappa shape index (κ1) is 11.1. The molecular formula is C8H20NOSi. The predicted octanol–water partition coefficient (Wildman–Crippen LogP) is 1.60. The van der Waals surface area contributed by atoms with E-state index < -0.39 is 9.04 Å². The lowest BCUT2D eigenvalue weighted by Gasteiger charge is -2.18. The van der Waals surface area contributed by atoms with Crippen molar-refractivity contribution in [1.29, 1.82) is 0 Å². The number of likely N-dealkylation sites (N-methyl/N-ethyl adjacent to an activating group) is 1. The molecule has 3 heteroatoms. The van der Waals surface area contributed by atoms with Crippen LogP contribution in [0.25, 0.3) is 0 Å². The van der Waals surface area contributed by atoms with Gasteiger partial charge in [-0.1, -0.05) is 13.8 Å². The summed E-state index contributed by atoms with van der Waals surface area (Å²) >= 11 is 0. The molecule has 0 unspecified atom stereocenters. The highest BCUT2D eigenvalue weighted by molar-refractivity contribution is 6.48. The summed E-state index contributed by atoms with van der Waals surface area (Å²) in [6.07, 6.45) is 0. The smallest absolute Gasteiger partial charge is 0.204 e. The van der Waals surface area contributed by atoms with Crippen molar-refractivity contribution in [3.8, 4) is 0 Å². The zero-order valence-electron chi connectivity index (χ0n) is 8.18. The van der Waals surface area contributed by atoms with E-state index in [1.165, 1.54) is 0 Å². The zero-order chi connectivity index (χ0) is 8.69. The fourth-order valence-corrected chi connectivity index (χ4v) is 1.42. The maximum absolute atomic E-state index is 5.54. The molecule has 2 nitrogen and oxygen atoms in total. The van der Waals surface area contributed by atoms with Crippen LogP contribution >= 0.6 is 0 Å². The molecule has 67 valence electrons. The van der Waals surface area contributed by atoms with Crippen LogP contribution in [0.5, 0.6) is 0 Å². The zero-order valence-corrected chi connectivity index (χ0v) is 9.18. The Hall–Kier alpha value is 0.137. The standard InChI is InChI=1S/C8H20NOSi/c1-5-9(6-2)7-8-10-11(3)4/h5-8H2,1-4H3. The van der Waals surface area contributed by atoms with Crippen LogP contribution in [0, 0.1) is 0 Å². The monoisotopic (exact) mass is 174 g/mol. The van der Waals surface area contributed by atoms with E-state index in [0.717, 1.165) is 26.2 Å². The van der Waals surface area contributed by atoms with E-state index in [9.17, 15) is 0 Å². The molecule has 0 heterocycles. The van der Waals surface area contributed by atoms with Crippen molar-refractivity contribution in [3.05, 3.63) is 0 Å². The average molecular weight is 174 g/mol. The van der Waals surface area contributed by atoms with Crippen LogP contribution in [-0.2, 0) is 4.43 Å². The Balaban J connectivity index is 3.21. The Kier molecular flexibility index (Phi) is 6.91. The highest BCUT2D eigenvalue weighted by atomic mass is 28.3. The minimum atomic E-state index is -0.473. The molecule has 0 atom stereocenters. The highest BCUT2D eigenvalue weighted by Gasteiger charge is 2.00. The SMILES string of the molecule is CCN(CC)CCO[Si](C)C. The normalized spacial score (nSPS) is 11.5. The molecule has 1 radical (unpaired) electrons. The Bertz CT molecular complexity index is 84.2. The molecule has 0 fully saturated rings. The van der Waals surface area contributed by atoms with Gasteiger partial charge in [0.1, 0.15) is 0 Å². The molecule has 0 aromatic rings. The molecule has 0 amide bonds. The Morgan fingerprint density at radius 1 is 1.18 bits per heavy atom. The lowest BCUT2D eigenvalue weighted by molar-refractivity contribution is 0.225. The summed E-state index contributed by atoms with van der Waals surface area (Å²) in [5.74, 6) is 0. The van der Waals surface area contributed by atoms with Crippen LogP contribution < -0.4 is 0 Å². The van der Waals surface area contributed by atoms with Gasteiger partial charge in [-0.25, -0.2) is 0 Å². The topological polar surface area (TPSA) is 12.5 Å². The molecule has 11 heavy (non-hydrogen) atoms. The van der Waals surface area contributed by atoms with Crippen LogP contribution in [0.15, 0.2) is 0 Å². The minimum Gasteiger partial charge on any atom is -0.416 e. The highest BCUT2D eigenvalue weighted by Crippen LogP contribution is 1.88. The lowest BCUT2D eigenvalue weighted by Crippen LogP contribution is -2.28. The van der Waals surface area contributed by atoms with Crippen molar-refractivity contribution in [3.63, 3.8) is 0 Å². The summed E-state index contributed by atoms with van der Waals surface area (Å²) in [5.41, 5.74) is 0. The Morgan fingerprint density at radius 2 is 1.73 bits per heavy atom. The fraction of sp³-hybridized carbons (Fsp3) is 1.00. The second kappa shape index (κ2) is 6.82. The molecule has 0 saturated heterocycles. The van der Waals surface area contributed by atoms with E-state index in [2.05, 4.69) is 31.8 Å². The molecule has 0 aromatic carbocycles. The molecule has 0 aliphatic rings. The second-order valence-electron chi connectivity index (χ2n) is 2.78. The third kappa shape index (κ3) is 6.53. The van der Waals surface area contributed by atoms with Gasteiger partial charge in [-0.05, 0) is 26.2 Å². The maximum Gasteiger partial charge on any atom is 0.204 e. The molecule has 0 aromatic heterocycles. The fourth-order valence-electron chi connectivity index (χ4n) is 0.919. The van der Waals surface area contributed by atoms with Crippen LogP contribution in [0.3, 0.4) is 0 Å². The van der Waals surface area contributed by atoms with Crippen LogP contribution in [0.1, 0.15) is 13.8 Å². The second-order valence-corrected chi connectivity index (χ2v) is 4.89. The number of rotatable bonds is 6. The third-order valence-electron chi connectivity index (χ3n) is 1.69. The van der Waals surface area contributed by atoms with Gasteiger partial charge in [0.05, 0.1) is 0 Å². The van der Waals surface area contributed by atoms with E-state index in [0.29, 0.717) is 0 Å². The van der Waals surface area contributed by atoms with Crippen molar-refractivity contribution >= 4 is 9.04 Å². The number of hydrogen-bond acceptors (Lipinski definition) is 2. The lowest BCUT2D eigenvalue weighted by atomic mass is 10.5. The summed E-state index contributed by atoms with van der Waals surface area (Å²) in [6.45, 7) is 13.0. The van der Waals surface area contributed by atoms with Gasteiger partial charge >= 0.3 is 0 Å². The maximum atomic E-state index is 5.54. The van der Waals surface area contributed by atoms with Gasteiger partial charge in [-0.15, -0.1) is 0 Å². The van der Waals surface area contributed by atoms with Crippen molar-refractivity contribution in [1.82, 2.24) is 4.90 Å². The van der Waals surface area contributed by atoms with Crippen molar-refractivity contribution in [2.24, 2.45) is 0 Å². The molecule has 0 aliphatic heterocycles. The Morgan fingerprint density at radius 3 is 2.09 bits per heavy atom. The van der Waals surface area contributed by atoms with E-state index >= 15 is 0 Å². The number of nitrogens with zero attached hydrogens (tertiary/aromatic N) is 1. The summed E-state index contributed by atoms with van der Waals surface area (Å²) in [6, 6.07) is 0. The Labute approximate surface area is 72.3 Å². The molecule has 0 spiro atoms. The van der Waals surface area contributed by atoms with Gasteiger partial charge < -0.3 is 9.33 Å². The molecule has 0 saturated carbocycles. The van der Waals surface area contributed by atoms with Crippen LogP contribution in [0.4, 0.5) is 0 Å². The summed E-state index contributed by atoms with van der Waals surface area (Å²) in [7, 11) is -0.473. The van der Waals surface area contributed by atoms with Gasteiger partial charge in [0.15, 0.2) is 0 Å². The number of hydrogen-bond donors (Lipinski definition) is 0. The summed E-state index contributed by atoms with van der Waals surface area (Å²) in [4.78, 5) is 2.38. The van der Waals surface area contributed by atoms with Gasteiger partial charge in [0.25, 0.3) is 0 Å². The minimum absolute atomic E-state index is 0.473. The summed E-state index contributed by atoms with van der Waals surface area (Å²) in [5, 5.41) is 0. The largest absolute Gasteiger partial charge is 0.416 e. The van der Waals surface area contributed by atoms with Gasteiger partial charge in [-0.3, -0.25) is 0 Å². The van der Waals surface area contributed by atoms with E-state index in [1.54, 1.807) is 0 Å². The average Bonchev–Trinajstić information content (AvgIpc) is 1.98. The van der Waals surface area contributed by atoms with E-state index in [4.69, 9.17) is 4.43 Å². The molecule has 0 N–H and O–H groups in total. The van der Waals surface area contributed by atoms with Gasteiger partial charge in [-0.2, -0.15) is 0 Å². The summed E-state index contributed by atoms with van der Waals surface area (Å²) < 4.78 is 5.54. The van der Waals surface area contributed by atoms with E-state index in [1.807, 2.05) is 0 Å². The van der Waals surface area contributed by atoms with Gasteiger partial charge in [0, 0.05) is 13.2 Å². The third-order valence-corrected chi connectivity index (χ3v) is 2.47. The molecule has 0 aliphatic carbocycles. The van der Waals surface area contributed by atoms with Crippen molar-refractivity contribution in [2.45, 2.75) is 26.9 Å². The first-order valence-electron chi connectivity index (χ1n) is 4.36. The van der Waals surface area contributed by atoms with E-state index in [-0.39, 0.29) is 0 Å². The first-order valence-corrected chi connectivity index (χ1v) is 6.76. The molecule has 0 rings (SSSR count).